The van der Waals surface area contributed by atoms with E-state index in [0.29, 0.717) is 12.2 Å². The molecule has 4 aliphatic carbocycles. The van der Waals surface area contributed by atoms with Crippen LogP contribution in [0, 0.1) is 17.8 Å². The van der Waals surface area contributed by atoms with Gasteiger partial charge in [0.2, 0.25) is 0 Å². The van der Waals surface area contributed by atoms with Gasteiger partial charge in [-0.15, -0.1) is 0 Å². The van der Waals surface area contributed by atoms with E-state index < -0.39 is 5.97 Å². The van der Waals surface area contributed by atoms with Crippen LogP contribution >= 0.6 is 0 Å². The Morgan fingerprint density at radius 1 is 1.10 bits per heavy atom. The second kappa shape index (κ2) is 7.26. The summed E-state index contributed by atoms with van der Waals surface area (Å²) < 4.78 is 0. The molecule has 0 amide bonds. The van der Waals surface area contributed by atoms with E-state index in [0.717, 1.165) is 45.7 Å². The van der Waals surface area contributed by atoms with Crippen molar-refractivity contribution in [1.29, 1.82) is 0 Å². The van der Waals surface area contributed by atoms with E-state index in [1.54, 1.807) is 6.20 Å². The van der Waals surface area contributed by atoms with Crippen LogP contribution in [0.1, 0.15) is 63.0 Å². The number of pyridine rings is 1. The van der Waals surface area contributed by atoms with Gasteiger partial charge in [0.15, 0.2) is 0 Å². The largest absolute Gasteiger partial charge is 0.508 e. The molecular weight excluding hydrogens is 374 g/mol. The van der Waals surface area contributed by atoms with E-state index in [1.165, 1.54) is 44.6 Å². The number of phenolic OH excluding ortho intramolecular Hbond substituents is 1. The molecule has 0 atom stereocenters. The quantitative estimate of drug-likeness (QED) is 0.619. The minimum atomic E-state index is -0.935. The number of aliphatic carboxylic acids is 1. The van der Waals surface area contributed by atoms with Gasteiger partial charge in [0.25, 0.3) is 0 Å². The van der Waals surface area contributed by atoms with Crippen molar-refractivity contribution < 1.29 is 15.0 Å². The van der Waals surface area contributed by atoms with Gasteiger partial charge in [0, 0.05) is 23.4 Å². The lowest BCUT2D eigenvalue weighted by Gasteiger charge is -2.57. The lowest BCUT2D eigenvalue weighted by molar-refractivity contribution is -0.131. The van der Waals surface area contributed by atoms with Crippen LogP contribution in [-0.4, -0.2) is 21.2 Å². The number of carboxylic acid groups (broad SMARTS) is 1. The number of allylic oxidation sites excluding steroid dienone is 1. The lowest BCUT2D eigenvalue weighted by atomic mass is 9.48. The Balaban J connectivity index is 1.48. The highest BCUT2D eigenvalue weighted by molar-refractivity contribution is 5.90. The molecule has 6 rings (SSSR count). The smallest absolute Gasteiger partial charge is 0.328 e. The number of aromatic hydroxyl groups is 1. The molecule has 4 nitrogen and oxygen atoms in total. The van der Waals surface area contributed by atoms with Gasteiger partial charge in [0.1, 0.15) is 5.75 Å². The molecule has 0 unspecified atom stereocenters. The Labute approximate surface area is 177 Å². The average molecular weight is 404 g/mol. The summed E-state index contributed by atoms with van der Waals surface area (Å²) in [7, 11) is 0. The summed E-state index contributed by atoms with van der Waals surface area (Å²) >= 11 is 0. The standard InChI is InChI=1S/C26H29NO3/c1-2-19(11-25(29)30)21-3-5-23(27-15-21)20-4-6-24(28)22(10-20)26-12-16-7-17(13-26)9-18(8-16)14-26/h3-6,10-11,15-18,28H,2,7-9,12-14H2,1H3,(H,29,30)/b19-11+. The van der Waals surface area contributed by atoms with Crippen molar-refractivity contribution in [2.75, 3.05) is 0 Å². The zero-order valence-electron chi connectivity index (χ0n) is 17.5. The Morgan fingerprint density at radius 3 is 2.30 bits per heavy atom. The topological polar surface area (TPSA) is 70.4 Å². The third-order valence-corrected chi connectivity index (χ3v) is 7.71. The van der Waals surface area contributed by atoms with Crippen molar-refractivity contribution in [3.05, 3.63) is 53.7 Å². The first-order chi connectivity index (χ1) is 14.5. The third-order valence-electron chi connectivity index (χ3n) is 7.71. The number of nitrogens with zero attached hydrogens (tertiary/aromatic N) is 1. The molecule has 0 aliphatic heterocycles. The fraction of sp³-hybridized carbons (Fsp3) is 0.462. The summed E-state index contributed by atoms with van der Waals surface area (Å²) in [6.45, 7) is 1.94. The van der Waals surface area contributed by atoms with Gasteiger partial charge >= 0.3 is 5.97 Å². The predicted molar refractivity (Wildman–Crippen MR) is 117 cm³/mol. The third kappa shape index (κ3) is 3.32. The zero-order valence-corrected chi connectivity index (χ0v) is 17.5. The summed E-state index contributed by atoms with van der Waals surface area (Å²) in [5, 5.41) is 19.9. The molecule has 0 saturated heterocycles. The molecule has 2 N–H and O–H groups in total. The summed E-state index contributed by atoms with van der Waals surface area (Å²) in [6, 6.07) is 9.84. The Morgan fingerprint density at radius 2 is 1.77 bits per heavy atom. The second-order valence-corrected chi connectivity index (χ2v) is 9.72. The van der Waals surface area contributed by atoms with Crippen molar-refractivity contribution in [3.8, 4) is 17.0 Å². The summed E-state index contributed by atoms with van der Waals surface area (Å²) in [5.74, 6) is 1.96. The van der Waals surface area contributed by atoms with Crippen LogP contribution in [0.5, 0.6) is 5.75 Å². The first-order valence-corrected chi connectivity index (χ1v) is 11.2. The Kier molecular flexibility index (Phi) is 4.68. The van der Waals surface area contributed by atoms with E-state index in [1.807, 2.05) is 31.2 Å². The molecule has 156 valence electrons. The number of hydrogen-bond acceptors (Lipinski definition) is 3. The summed E-state index contributed by atoms with van der Waals surface area (Å²) in [6.07, 6.45) is 11.4. The highest BCUT2D eigenvalue weighted by Gasteiger charge is 2.52. The van der Waals surface area contributed by atoms with Crippen molar-refractivity contribution in [3.63, 3.8) is 0 Å². The van der Waals surface area contributed by atoms with Crippen LogP contribution in [0.3, 0.4) is 0 Å². The van der Waals surface area contributed by atoms with E-state index in [4.69, 9.17) is 5.11 Å². The van der Waals surface area contributed by atoms with E-state index in [9.17, 15) is 9.90 Å². The summed E-state index contributed by atoms with van der Waals surface area (Å²) in [4.78, 5) is 15.7. The van der Waals surface area contributed by atoms with Gasteiger partial charge in [0.05, 0.1) is 5.69 Å². The Bertz CT molecular complexity index is 970. The number of benzene rings is 1. The highest BCUT2D eigenvalue weighted by Crippen LogP contribution is 2.62. The number of aromatic nitrogens is 1. The molecule has 4 aliphatic rings. The first-order valence-electron chi connectivity index (χ1n) is 11.2. The molecule has 1 heterocycles. The molecule has 4 bridgehead atoms. The zero-order chi connectivity index (χ0) is 20.9. The van der Waals surface area contributed by atoms with Gasteiger partial charge < -0.3 is 10.2 Å². The molecule has 0 spiro atoms. The van der Waals surface area contributed by atoms with Gasteiger partial charge in [-0.2, -0.15) is 0 Å². The first kappa shape index (κ1) is 19.3. The van der Waals surface area contributed by atoms with Crippen LogP contribution in [-0.2, 0) is 10.2 Å². The van der Waals surface area contributed by atoms with E-state index in [-0.39, 0.29) is 5.41 Å². The molecule has 4 saturated carbocycles. The van der Waals surface area contributed by atoms with Crippen molar-refractivity contribution in [2.24, 2.45) is 17.8 Å². The number of hydrogen-bond donors (Lipinski definition) is 2. The van der Waals surface area contributed by atoms with E-state index >= 15 is 0 Å². The van der Waals surface area contributed by atoms with Gasteiger partial charge in [-0.3, -0.25) is 4.98 Å². The molecule has 30 heavy (non-hydrogen) atoms. The molecule has 0 radical (unpaired) electrons. The highest BCUT2D eigenvalue weighted by atomic mass is 16.4. The lowest BCUT2D eigenvalue weighted by Crippen LogP contribution is -2.48. The SMILES string of the molecule is CC/C(=C\C(=O)O)c1ccc(-c2ccc(O)c(C34CC5CC(CC(C5)C3)C4)c2)nc1. The fourth-order valence-electron chi connectivity index (χ4n) is 6.85. The van der Waals surface area contributed by atoms with Gasteiger partial charge in [-0.05, 0) is 104 Å². The number of rotatable bonds is 5. The monoisotopic (exact) mass is 403 g/mol. The maximum absolute atomic E-state index is 11.0. The van der Waals surface area contributed by atoms with Crippen LogP contribution in [0.25, 0.3) is 16.8 Å². The minimum Gasteiger partial charge on any atom is -0.508 e. The molecule has 1 aromatic heterocycles. The molecule has 1 aromatic carbocycles. The summed E-state index contributed by atoms with van der Waals surface area (Å²) in [5.41, 5.74) is 4.73. The maximum atomic E-state index is 11.0. The predicted octanol–water partition coefficient (Wildman–Crippen LogP) is 5.80. The normalized spacial score (nSPS) is 29.9. The van der Waals surface area contributed by atoms with Crippen molar-refractivity contribution in [2.45, 2.75) is 57.3 Å². The second-order valence-electron chi connectivity index (χ2n) is 9.72. The Hall–Kier alpha value is -2.62. The van der Waals surface area contributed by atoms with Crippen molar-refractivity contribution in [1.82, 2.24) is 4.98 Å². The van der Waals surface area contributed by atoms with Crippen LogP contribution in [0.4, 0.5) is 0 Å². The minimum absolute atomic E-state index is 0.133. The maximum Gasteiger partial charge on any atom is 0.328 e. The fourth-order valence-corrected chi connectivity index (χ4v) is 6.85. The van der Waals surface area contributed by atoms with E-state index in [2.05, 4.69) is 11.1 Å². The average Bonchev–Trinajstić information content (AvgIpc) is 2.71. The van der Waals surface area contributed by atoms with Crippen molar-refractivity contribution >= 4 is 11.5 Å². The molecule has 2 aromatic rings. The number of carboxylic acids is 1. The molecule has 4 fully saturated rings. The molecular formula is C26H29NO3. The molecule has 4 heteroatoms. The number of carbonyl (C=O) groups is 1. The van der Waals surface area contributed by atoms with Gasteiger partial charge in [-0.25, -0.2) is 4.79 Å². The van der Waals surface area contributed by atoms with Crippen LogP contribution < -0.4 is 0 Å². The van der Waals surface area contributed by atoms with Crippen LogP contribution in [0.15, 0.2) is 42.6 Å². The number of phenols is 1. The van der Waals surface area contributed by atoms with Gasteiger partial charge in [-0.1, -0.05) is 13.0 Å². The van der Waals surface area contributed by atoms with Crippen LogP contribution in [0.2, 0.25) is 0 Å².